The normalized spacial score (nSPS) is 20.1. The minimum atomic E-state index is -0.530. The number of carbonyl (C=O) groups excluding carboxylic acids is 2. The molecule has 3 rings (SSSR count). The van der Waals surface area contributed by atoms with E-state index < -0.39 is 5.41 Å². The van der Waals surface area contributed by atoms with Crippen molar-refractivity contribution in [1.82, 2.24) is 9.80 Å². The van der Waals surface area contributed by atoms with E-state index in [4.69, 9.17) is 10.5 Å². The number of hydrogen-bond donors (Lipinski definition) is 1. The maximum Gasteiger partial charge on any atom is 0.230 e. The van der Waals surface area contributed by atoms with Crippen LogP contribution in [0.25, 0.3) is 0 Å². The number of ether oxygens (including phenoxy) is 1. The summed E-state index contributed by atoms with van der Waals surface area (Å²) >= 11 is 0. The zero-order valence-corrected chi connectivity index (χ0v) is 15.0. The summed E-state index contributed by atoms with van der Waals surface area (Å²) in [5, 5.41) is 0. The maximum atomic E-state index is 13.7. The van der Waals surface area contributed by atoms with Crippen molar-refractivity contribution in [3.63, 3.8) is 0 Å². The first-order chi connectivity index (χ1) is 12.6. The monoisotopic (exact) mass is 363 g/mol. The first-order valence-corrected chi connectivity index (χ1v) is 9.14. The van der Waals surface area contributed by atoms with Gasteiger partial charge in [0, 0.05) is 45.9 Å². The molecular formula is C19H26FN3O3. The molecule has 1 aromatic carbocycles. The number of amides is 2. The second kappa shape index (κ2) is 8.14. The van der Waals surface area contributed by atoms with Crippen molar-refractivity contribution < 1.29 is 18.7 Å². The van der Waals surface area contributed by atoms with Crippen LogP contribution in [0.5, 0.6) is 0 Å². The van der Waals surface area contributed by atoms with Crippen molar-refractivity contribution in [2.75, 3.05) is 45.9 Å². The fourth-order valence-electron chi connectivity index (χ4n) is 3.68. The highest BCUT2D eigenvalue weighted by atomic mass is 19.1. The van der Waals surface area contributed by atoms with Crippen LogP contribution >= 0.6 is 0 Å². The standard InChI is InChI=1S/C19H26FN3O3/c20-16-4-2-1-3-15(16)13-17(24)22-7-9-23(10-8-22)18(25)19(14-21)5-11-26-12-6-19/h1-4H,5-14,21H2. The molecule has 0 bridgehead atoms. The first-order valence-electron chi connectivity index (χ1n) is 9.14. The Morgan fingerprint density at radius 1 is 1.08 bits per heavy atom. The molecule has 0 saturated carbocycles. The molecule has 0 atom stereocenters. The van der Waals surface area contributed by atoms with Crippen LogP contribution in [-0.4, -0.2) is 67.6 Å². The van der Waals surface area contributed by atoms with Gasteiger partial charge in [0.25, 0.3) is 0 Å². The first kappa shape index (κ1) is 18.8. The smallest absolute Gasteiger partial charge is 0.230 e. The molecule has 7 heteroatoms. The number of halogens is 1. The van der Waals surface area contributed by atoms with E-state index in [1.807, 2.05) is 4.90 Å². The van der Waals surface area contributed by atoms with Gasteiger partial charge in [-0.3, -0.25) is 9.59 Å². The SMILES string of the molecule is NCC1(C(=O)N2CCN(C(=O)Cc3ccccc3F)CC2)CCOCC1. The minimum absolute atomic E-state index is 0.0463. The number of rotatable bonds is 4. The van der Waals surface area contributed by atoms with Gasteiger partial charge in [0.15, 0.2) is 0 Å². The lowest BCUT2D eigenvalue weighted by Crippen LogP contribution is -2.57. The van der Waals surface area contributed by atoms with Crippen molar-refractivity contribution in [2.45, 2.75) is 19.3 Å². The van der Waals surface area contributed by atoms with Gasteiger partial charge >= 0.3 is 0 Å². The molecule has 2 aliphatic heterocycles. The molecule has 1 aromatic rings. The number of nitrogens with zero attached hydrogens (tertiary/aromatic N) is 2. The molecule has 0 aliphatic carbocycles. The van der Waals surface area contributed by atoms with Crippen molar-refractivity contribution in [1.29, 1.82) is 0 Å². The summed E-state index contributed by atoms with van der Waals surface area (Å²) in [5.74, 6) is -0.398. The van der Waals surface area contributed by atoms with Crippen LogP contribution in [0.2, 0.25) is 0 Å². The molecule has 2 fully saturated rings. The molecule has 0 radical (unpaired) electrons. The maximum absolute atomic E-state index is 13.7. The topological polar surface area (TPSA) is 75.9 Å². The van der Waals surface area contributed by atoms with E-state index in [9.17, 15) is 14.0 Å². The molecule has 142 valence electrons. The molecule has 26 heavy (non-hydrogen) atoms. The van der Waals surface area contributed by atoms with Gasteiger partial charge in [-0.2, -0.15) is 0 Å². The zero-order chi connectivity index (χ0) is 18.6. The Labute approximate surface area is 153 Å². The van der Waals surface area contributed by atoms with Gasteiger partial charge in [0.1, 0.15) is 5.82 Å². The Morgan fingerprint density at radius 2 is 1.69 bits per heavy atom. The van der Waals surface area contributed by atoms with Crippen molar-refractivity contribution in [3.8, 4) is 0 Å². The van der Waals surface area contributed by atoms with E-state index in [2.05, 4.69) is 0 Å². The summed E-state index contributed by atoms with van der Waals surface area (Å²) in [5.41, 5.74) is 5.79. The van der Waals surface area contributed by atoms with E-state index in [0.717, 1.165) is 0 Å². The van der Waals surface area contributed by atoms with Crippen LogP contribution in [0.4, 0.5) is 4.39 Å². The van der Waals surface area contributed by atoms with E-state index in [-0.39, 0.29) is 24.1 Å². The number of hydrogen-bond acceptors (Lipinski definition) is 4. The third kappa shape index (κ3) is 3.88. The third-order valence-electron chi connectivity index (χ3n) is 5.51. The largest absolute Gasteiger partial charge is 0.381 e. The van der Waals surface area contributed by atoms with Gasteiger partial charge in [-0.1, -0.05) is 18.2 Å². The Hall–Kier alpha value is -1.99. The number of benzene rings is 1. The Bertz CT molecular complexity index is 653. The summed E-state index contributed by atoms with van der Waals surface area (Å²) in [6.45, 7) is 3.36. The van der Waals surface area contributed by atoms with E-state index in [1.165, 1.54) is 6.07 Å². The lowest BCUT2D eigenvalue weighted by atomic mass is 9.78. The van der Waals surface area contributed by atoms with Crippen LogP contribution in [0.3, 0.4) is 0 Å². The van der Waals surface area contributed by atoms with Crippen LogP contribution in [-0.2, 0) is 20.7 Å². The fourth-order valence-corrected chi connectivity index (χ4v) is 3.68. The highest BCUT2D eigenvalue weighted by Gasteiger charge is 2.42. The van der Waals surface area contributed by atoms with Gasteiger partial charge in [-0.25, -0.2) is 4.39 Å². The average molecular weight is 363 g/mol. The summed E-state index contributed by atoms with van der Waals surface area (Å²) in [6.07, 6.45) is 1.34. The average Bonchev–Trinajstić information content (AvgIpc) is 2.69. The number of carbonyl (C=O) groups is 2. The van der Waals surface area contributed by atoms with Gasteiger partial charge in [0.2, 0.25) is 11.8 Å². The van der Waals surface area contributed by atoms with Gasteiger partial charge in [-0.15, -0.1) is 0 Å². The second-order valence-corrected chi connectivity index (χ2v) is 7.04. The Morgan fingerprint density at radius 3 is 2.31 bits per heavy atom. The molecule has 2 amide bonds. The Balaban J connectivity index is 1.56. The van der Waals surface area contributed by atoms with Crippen LogP contribution in [0.15, 0.2) is 24.3 Å². The van der Waals surface area contributed by atoms with Crippen molar-refractivity contribution in [3.05, 3.63) is 35.6 Å². The molecular weight excluding hydrogens is 337 g/mol. The van der Waals surface area contributed by atoms with E-state index in [1.54, 1.807) is 23.1 Å². The van der Waals surface area contributed by atoms with Gasteiger partial charge < -0.3 is 20.3 Å². The minimum Gasteiger partial charge on any atom is -0.381 e. The van der Waals surface area contributed by atoms with Crippen molar-refractivity contribution in [2.24, 2.45) is 11.1 Å². The molecule has 0 unspecified atom stereocenters. The predicted octanol–water partition coefficient (Wildman–Crippen LogP) is 0.795. The molecule has 2 aliphatic rings. The predicted molar refractivity (Wildman–Crippen MR) is 94.8 cm³/mol. The number of nitrogens with two attached hydrogens (primary N) is 1. The van der Waals surface area contributed by atoms with E-state index >= 15 is 0 Å². The zero-order valence-electron chi connectivity index (χ0n) is 15.0. The van der Waals surface area contributed by atoms with Crippen LogP contribution in [0.1, 0.15) is 18.4 Å². The lowest BCUT2D eigenvalue weighted by Gasteiger charge is -2.42. The fraction of sp³-hybridized carbons (Fsp3) is 0.579. The lowest BCUT2D eigenvalue weighted by molar-refractivity contribution is -0.151. The summed E-state index contributed by atoms with van der Waals surface area (Å²) < 4.78 is 19.1. The van der Waals surface area contributed by atoms with Gasteiger partial charge in [0.05, 0.1) is 11.8 Å². The summed E-state index contributed by atoms with van der Waals surface area (Å²) in [4.78, 5) is 28.9. The van der Waals surface area contributed by atoms with E-state index in [0.29, 0.717) is 64.3 Å². The highest BCUT2D eigenvalue weighted by molar-refractivity contribution is 5.84. The van der Waals surface area contributed by atoms with Crippen LogP contribution in [0, 0.1) is 11.2 Å². The molecule has 0 spiro atoms. The highest BCUT2D eigenvalue weighted by Crippen LogP contribution is 2.32. The molecule has 0 aromatic heterocycles. The molecule has 2 saturated heterocycles. The summed E-state index contributed by atoms with van der Waals surface area (Å²) in [7, 11) is 0. The van der Waals surface area contributed by atoms with Gasteiger partial charge in [-0.05, 0) is 24.5 Å². The molecule has 2 heterocycles. The summed E-state index contributed by atoms with van der Waals surface area (Å²) in [6, 6.07) is 6.32. The second-order valence-electron chi connectivity index (χ2n) is 7.04. The molecule has 2 N–H and O–H groups in total. The van der Waals surface area contributed by atoms with Crippen LogP contribution < -0.4 is 5.73 Å². The Kier molecular flexibility index (Phi) is 5.88. The quantitative estimate of drug-likeness (QED) is 0.858. The third-order valence-corrected chi connectivity index (χ3v) is 5.51. The number of piperazine rings is 1. The van der Waals surface area contributed by atoms with Crippen molar-refractivity contribution >= 4 is 11.8 Å². The molecule has 6 nitrogen and oxygen atoms in total.